The predicted octanol–water partition coefficient (Wildman–Crippen LogP) is 6.32. The molecule has 0 bridgehead atoms. The lowest BCUT2D eigenvalue weighted by molar-refractivity contribution is 0.0726. The third-order valence-corrected chi connectivity index (χ3v) is 6.62. The second-order valence-electron chi connectivity index (χ2n) is 9.19. The third kappa shape index (κ3) is 4.46. The number of amides is 1. The maximum absolute atomic E-state index is 13.8. The molecule has 2 heterocycles. The molecule has 3 aromatic carbocycles. The smallest absolute Gasteiger partial charge is 0.273 e. The van der Waals surface area contributed by atoms with Crippen LogP contribution in [0.15, 0.2) is 78.9 Å². The van der Waals surface area contributed by atoms with Crippen molar-refractivity contribution in [3.05, 3.63) is 107 Å². The maximum atomic E-state index is 13.8. The van der Waals surface area contributed by atoms with Gasteiger partial charge in [-0.1, -0.05) is 85.6 Å². The normalized spacial score (nSPS) is 14.9. The van der Waals surface area contributed by atoms with E-state index in [1.165, 1.54) is 5.56 Å². The van der Waals surface area contributed by atoms with Gasteiger partial charge in [0.1, 0.15) is 11.4 Å². The van der Waals surface area contributed by atoms with Crippen LogP contribution in [0.5, 0.6) is 5.75 Å². The Morgan fingerprint density at radius 3 is 2.34 bits per heavy atom. The molecule has 4 aromatic rings. The van der Waals surface area contributed by atoms with Crippen molar-refractivity contribution in [2.75, 3.05) is 6.61 Å². The number of carbonyl (C=O) groups excluding carboxylic acids is 1. The van der Waals surface area contributed by atoms with Crippen LogP contribution >= 0.6 is 0 Å². The topological polar surface area (TPSA) is 47.4 Å². The minimum atomic E-state index is -0.229. The molecule has 35 heavy (non-hydrogen) atoms. The average Bonchev–Trinajstić information content (AvgIpc) is 3.36. The Hall–Kier alpha value is -3.86. The zero-order chi connectivity index (χ0) is 24.4. The predicted molar refractivity (Wildman–Crippen MR) is 138 cm³/mol. The van der Waals surface area contributed by atoms with Crippen LogP contribution in [0.4, 0.5) is 0 Å². The average molecular weight is 466 g/mol. The molecule has 0 N–H and O–H groups in total. The van der Waals surface area contributed by atoms with Crippen molar-refractivity contribution in [2.24, 2.45) is 7.05 Å². The largest absolute Gasteiger partial charge is 0.494 e. The second-order valence-corrected chi connectivity index (χ2v) is 9.19. The molecule has 1 aliphatic heterocycles. The fraction of sp³-hybridized carbons (Fsp3) is 0.267. The van der Waals surface area contributed by atoms with Crippen molar-refractivity contribution in [3.8, 4) is 17.0 Å². The van der Waals surface area contributed by atoms with Crippen molar-refractivity contribution in [2.45, 2.75) is 39.3 Å². The number of rotatable bonds is 8. The summed E-state index contributed by atoms with van der Waals surface area (Å²) >= 11 is 0. The highest BCUT2D eigenvalue weighted by Crippen LogP contribution is 2.44. The fourth-order valence-electron chi connectivity index (χ4n) is 4.76. The molecule has 0 aliphatic carbocycles. The summed E-state index contributed by atoms with van der Waals surface area (Å²) < 4.78 is 7.63. The van der Waals surface area contributed by atoms with Gasteiger partial charge in [0.05, 0.1) is 18.3 Å². The summed E-state index contributed by atoms with van der Waals surface area (Å²) in [5.74, 6) is 0.858. The van der Waals surface area contributed by atoms with Gasteiger partial charge in [0, 0.05) is 24.7 Å². The summed E-state index contributed by atoms with van der Waals surface area (Å²) in [4.78, 5) is 15.8. The lowest BCUT2D eigenvalue weighted by Crippen LogP contribution is -2.29. The first-order chi connectivity index (χ1) is 17.1. The lowest BCUT2D eigenvalue weighted by Gasteiger charge is -2.27. The number of unbranched alkanes of at least 4 members (excludes halogenated alkanes) is 1. The van der Waals surface area contributed by atoms with Crippen LogP contribution in [0.1, 0.15) is 58.5 Å². The molecule has 1 amide bonds. The van der Waals surface area contributed by atoms with Gasteiger partial charge in [0.15, 0.2) is 0 Å². The van der Waals surface area contributed by atoms with E-state index in [-0.39, 0.29) is 11.9 Å². The number of ether oxygens (including phenoxy) is 1. The van der Waals surface area contributed by atoms with E-state index >= 15 is 0 Å². The van der Waals surface area contributed by atoms with Crippen molar-refractivity contribution in [3.63, 3.8) is 0 Å². The Labute approximate surface area is 207 Å². The molecule has 5 heteroatoms. The molecule has 0 radical (unpaired) electrons. The third-order valence-electron chi connectivity index (χ3n) is 6.62. The molecule has 1 aliphatic rings. The molecule has 5 rings (SSSR count). The first-order valence-corrected chi connectivity index (χ1v) is 12.3. The van der Waals surface area contributed by atoms with Gasteiger partial charge in [0.25, 0.3) is 5.91 Å². The molecule has 0 saturated carbocycles. The molecule has 178 valence electrons. The molecule has 0 fully saturated rings. The second kappa shape index (κ2) is 9.79. The number of aromatic nitrogens is 2. The van der Waals surface area contributed by atoms with Gasteiger partial charge in [-0.15, -0.1) is 0 Å². The Balaban J connectivity index is 1.59. The number of fused-ring (bicyclic) bond motifs is 1. The van der Waals surface area contributed by atoms with E-state index in [0.29, 0.717) is 18.8 Å². The number of hydrogen-bond donors (Lipinski definition) is 0. The minimum Gasteiger partial charge on any atom is -0.494 e. The highest BCUT2D eigenvalue weighted by atomic mass is 16.5. The number of benzene rings is 3. The van der Waals surface area contributed by atoms with E-state index in [1.54, 1.807) is 4.68 Å². The summed E-state index contributed by atoms with van der Waals surface area (Å²) in [6.45, 7) is 5.47. The van der Waals surface area contributed by atoms with E-state index in [2.05, 4.69) is 62.4 Å². The van der Waals surface area contributed by atoms with Crippen LogP contribution in [0, 0.1) is 6.92 Å². The van der Waals surface area contributed by atoms with Crippen molar-refractivity contribution in [1.29, 1.82) is 0 Å². The summed E-state index contributed by atoms with van der Waals surface area (Å²) in [5.41, 5.74) is 6.85. The standard InChI is InChI=1S/C30H31N3O2/c1-4-5-19-35-25-17-15-24(16-18-25)28-26-27(23-13-11-21(2)12-14-23)31-32(3)29(26)30(34)33(28)20-22-9-7-6-8-10-22/h6-18,28H,4-5,19-20H2,1-3H3/t28-/m0/s1. The minimum absolute atomic E-state index is 0.00508. The number of aryl methyl sites for hydroxylation is 2. The molecule has 0 spiro atoms. The molecular formula is C30H31N3O2. The van der Waals surface area contributed by atoms with Gasteiger partial charge in [-0.3, -0.25) is 9.48 Å². The first kappa shape index (κ1) is 22.9. The Kier molecular flexibility index (Phi) is 6.41. The summed E-state index contributed by atoms with van der Waals surface area (Å²) in [6.07, 6.45) is 2.13. The monoisotopic (exact) mass is 465 g/mol. The Bertz CT molecular complexity index is 1310. The van der Waals surface area contributed by atoms with Gasteiger partial charge in [0.2, 0.25) is 0 Å². The lowest BCUT2D eigenvalue weighted by atomic mass is 9.95. The first-order valence-electron chi connectivity index (χ1n) is 12.3. The van der Waals surface area contributed by atoms with E-state index < -0.39 is 0 Å². The molecule has 1 atom stereocenters. The number of carbonyl (C=O) groups is 1. The van der Waals surface area contributed by atoms with Crippen molar-refractivity contribution >= 4 is 5.91 Å². The quantitative estimate of drug-likeness (QED) is 0.286. The van der Waals surface area contributed by atoms with E-state index in [0.717, 1.165) is 46.5 Å². The fourth-order valence-corrected chi connectivity index (χ4v) is 4.76. The van der Waals surface area contributed by atoms with Crippen LogP contribution in [-0.2, 0) is 13.6 Å². The van der Waals surface area contributed by atoms with Crippen LogP contribution in [-0.4, -0.2) is 27.2 Å². The van der Waals surface area contributed by atoms with Gasteiger partial charge >= 0.3 is 0 Å². The summed E-state index contributed by atoms with van der Waals surface area (Å²) in [7, 11) is 1.86. The Morgan fingerprint density at radius 1 is 0.943 bits per heavy atom. The Morgan fingerprint density at radius 2 is 1.66 bits per heavy atom. The van der Waals surface area contributed by atoms with Crippen LogP contribution in [0.25, 0.3) is 11.3 Å². The van der Waals surface area contributed by atoms with E-state index in [9.17, 15) is 4.79 Å². The van der Waals surface area contributed by atoms with Crippen molar-refractivity contribution < 1.29 is 9.53 Å². The molecule has 1 aromatic heterocycles. The van der Waals surface area contributed by atoms with Crippen LogP contribution < -0.4 is 4.74 Å². The highest BCUT2D eigenvalue weighted by Gasteiger charge is 2.43. The van der Waals surface area contributed by atoms with Crippen molar-refractivity contribution in [1.82, 2.24) is 14.7 Å². The van der Waals surface area contributed by atoms with E-state index in [4.69, 9.17) is 9.84 Å². The summed E-state index contributed by atoms with van der Waals surface area (Å²) in [6, 6.07) is 26.5. The zero-order valence-corrected chi connectivity index (χ0v) is 20.6. The van der Waals surface area contributed by atoms with E-state index in [1.807, 2.05) is 42.3 Å². The van der Waals surface area contributed by atoms with Gasteiger partial charge in [-0.2, -0.15) is 5.10 Å². The summed E-state index contributed by atoms with van der Waals surface area (Å²) in [5, 5.41) is 4.81. The van der Waals surface area contributed by atoms with Crippen LogP contribution in [0.2, 0.25) is 0 Å². The molecule has 0 unspecified atom stereocenters. The van der Waals surface area contributed by atoms with Crippen LogP contribution in [0.3, 0.4) is 0 Å². The molecule has 5 nitrogen and oxygen atoms in total. The zero-order valence-electron chi connectivity index (χ0n) is 20.6. The SMILES string of the molecule is CCCCOc1ccc([C@H]2c3c(-c4ccc(C)cc4)nn(C)c3C(=O)N2Cc2ccccc2)cc1. The maximum Gasteiger partial charge on any atom is 0.273 e. The molecule has 0 saturated heterocycles. The van der Waals surface area contributed by atoms with Gasteiger partial charge in [-0.05, 0) is 36.6 Å². The molecular weight excluding hydrogens is 434 g/mol. The number of nitrogens with zero attached hydrogens (tertiary/aromatic N) is 3. The van der Waals surface area contributed by atoms with Gasteiger partial charge < -0.3 is 9.64 Å². The highest BCUT2D eigenvalue weighted by molar-refractivity contribution is 6.00. The van der Waals surface area contributed by atoms with Gasteiger partial charge in [-0.25, -0.2) is 0 Å². The number of hydrogen-bond acceptors (Lipinski definition) is 3.